The number of carbonyl (C=O) groups is 1. The topological polar surface area (TPSA) is 72.5 Å². The molecule has 7 heteroatoms. The Morgan fingerprint density at radius 2 is 1.74 bits per heavy atom. The molecule has 0 spiro atoms. The molecule has 1 atom stereocenters. The molecule has 0 amide bonds. The molecular weight excluding hydrogens is 400 g/mol. The first-order valence-corrected chi connectivity index (χ1v) is 10.4. The smallest absolute Gasteiger partial charge is 0.306 e. The lowest BCUT2D eigenvalue weighted by Crippen LogP contribution is -2.08. The standard InChI is InChI=1S/C24H30O7/c1-6-29-19-12-17-9-15(2)31-20(17)13-18(19)14-30-23(25)8-7-16-10-21(26-3)24(28-5)22(11-16)27-4/h10-13,15H,6-9,14H2,1-5H3. The Kier molecular flexibility index (Phi) is 7.50. The molecule has 1 aliphatic heterocycles. The molecule has 7 nitrogen and oxygen atoms in total. The van der Waals surface area contributed by atoms with Gasteiger partial charge in [0.05, 0.1) is 27.9 Å². The second kappa shape index (κ2) is 10.3. The van der Waals surface area contributed by atoms with Gasteiger partial charge in [-0.3, -0.25) is 4.79 Å². The first-order valence-electron chi connectivity index (χ1n) is 10.4. The Morgan fingerprint density at radius 3 is 2.35 bits per heavy atom. The van der Waals surface area contributed by atoms with E-state index in [9.17, 15) is 4.79 Å². The van der Waals surface area contributed by atoms with Crippen molar-refractivity contribution in [3.63, 3.8) is 0 Å². The van der Waals surface area contributed by atoms with Crippen molar-refractivity contribution in [3.05, 3.63) is 41.0 Å². The highest BCUT2D eigenvalue weighted by Gasteiger charge is 2.22. The van der Waals surface area contributed by atoms with Crippen LogP contribution in [-0.2, 0) is 29.0 Å². The maximum Gasteiger partial charge on any atom is 0.306 e. The van der Waals surface area contributed by atoms with Crippen LogP contribution in [0, 0.1) is 0 Å². The van der Waals surface area contributed by atoms with E-state index in [1.807, 2.05) is 38.1 Å². The monoisotopic (exact) mass is 430 g/mol. The first-order chi connectivity index (χ1) is 15.0. The van der Waals surface area contributed by atoms with Crippen LogP contribution in [0.5, 0.6) is 28.7 Å². The minimum atomic E-state index is -0.300. The van der Waals surface area contributed by atoms with Gasteiger partial charge in [0.15, 0.2) is 11.5 Å². The van der Waals surface area contributed by atoms with Crippen LogP contribution in [0.2, 0.25) is 0 Å². The predicted molar refractivity (Wildman–Crippen MR) is 116 cm³/mol. The van der Waals surface area contributed by atoms with Gasteiger partial charge in [0.2, 0.25) is 5.75 Å². The van der Waals surface area contributed by atoms with Gasteiger partial charge in [0.25, 0.3) is 0 Å². The number of aryl methyl sites for hydroxylation is 1. The van der Waals surface area contributed by atoms with Crippen molar-refractivity contribution in [3.8, 4) is 28.7 Å². The number of hydrogen-bond donors (Lipinski definition) is 0. The molecule has 0 bridgehead atoms. The molecule has 0 radical (unpaired) electrons. The highest BCUT2D eigenvalue weighted by atomic mass is 16.5. The van der Waals surface area contributed by atoms with E-state index in [0.29, 0.717) is 30.3 Å². The zero-order valence-corrected chi connectivity index (χ0v) is 18.8. The largest absolute Gasteiger partial charge is 0.493 e. The summed E-state index contributed by atoms with van der Waals surface area (Å²) in [5.74, 6) is 2.90. The SMILES string of the molecule is CCOc1cc2c(cc1COC(=O)CCc1cc(OC)c(OC)c(OC)c1)OC(C)C2. The highest BCUT2D eigenvalue weighted by molar-refractivity contribution is 5.70. The number of esters is 1. The number of methoxy groups -OCH3 is 3. The number of hydrogen-bond acceptors (Lipinski definition) is 7. The van der Waals surface area contributed by atoms with Crippen LogP contribution in [0.4, 0.5) is 0 Å². The van der Waals surface area contributed by atoms with Gasteiger partial charge in [-0.25, -0.2) is 0 Å². The summed E-state index contributed by atoms with van der Waals surface area (Å²) in [6.45, 7) is 4.63. The van der Waals surface area contributed by atoms with Gasteiger partial charge >= 0.3 is 5.97 Å². The second-order valence-corrected chi connectivity index (χ2v) is 7.33. The minimum absolute atomic E-state index is 0.133. The molecule has 168 valence electrons. The molecule has 0 N–H and O–H groups in total. The molecule has 2 aromatic carbocycles. The Bertz CT molecular complexity index is 897. The minimum Gasteiger partial charge on any atom is -0.493 e. The Hall–Kier alpha value is -3.09. The van der Waals surface area contributed by atoms with Crippen molar-refractivity contribution in [2.45, 2.75) is 45.8 Å². The van der Waals surface area contributed by atoms with E-state index in [0.717, 1.165) is 34.6 Å². The van der Waals surface area contributed by atoms with E-state index in [1.54, 1.807) is 21.3 Å². The summed E-state index contributed by atoms with van der Waals surface area (Å²) in [6.07, 6.45) is 1.70. The van der Waals surface area contributed by atoms with Crippen molar-refractivity contribution in [2.75, 3.05) is 27.9 Å². The van der Waals surface area contributed by atoms with Crippen LogP contribution in [-0.4, -0.2) is 40.0 Å². The van der Waals surface area contributed by atoms with Gasteiger partial charge in [0.1, 0.15) is 24.2 Å². The fourth-order valence-electron chi connectivity index (χ4n) is 3.64. The molecule has 2 aromatic rings. The summed E-state index contributed by atoms with van der Waals surface area (Å²) in [4.78, 5) is 12.4. The van der Waals surface area contributed by atoms with Crippen molar-refractivity contribution in [1.29, 1.82) is 0 Å². The van der Waals surface area contributed by atoms with Crippen LogP contribution in [0.15, 0.2) is 24.3 Å². The van der Waals surface area contributed by atoms with Crippen molar-refractivity contribution in [1.82, 2.24) is 0 Å². The Morgan fingerprint density at radius 1 is 1.03 bits per heavy atom. The molecule has 0 aromatic heterocycles. The molecule has 1 heterocycles. The summed E-state index contributed by atoms with van der Waals surface area (Å²) in [7, 11) is 4.68. The van der Waals surface area contributed by atoms with Crippen LogP contribution in [0.3, 0.4) is 0 Å². The summed E-state index contributed by atoms with van der Waals surface area (Å²) < 4.78 is 33.2. The second-order valence-electron chi connectivity index (χ2n) is 7.33. The lowest BCUT2D eigenvalue weighted by molar-refractivity contribution is -0.144. The zero-order valence-electron chi connectivity index (χ0n) is 18.8. The predicted octanol–water partition coefficient (Wildman–Crippen LogP) is 4.11. The lowest BCUT2D eigenvalue weighted by atomic mass is 10.1. The number of fused-ring (bicyclic) bond motifs is 1. The third-order valence-electron chi connectivity index (χ3n) is 5.11. The number of rotatable bonds is 10. The first kappa shape index (κ1) is 22.6. The van der Waals surface area contributed by atoms with Crippen molar-refractivity contribution >= 4 is 5.97 Å². The lowest BCUT2D eigenvalue weighted by Gasteiger charge is -2.14. The fraction of sp³-hybridized carbons (Fsp3) is 0.458. The molecule has 0 saturated heterocycles. The van der Waals surface area contributed by atoms with E-state index in [1.165, 1.54) is 0 Å². The van der Waals surface area contributed by atoms with Gasteiger partial charge in [-0.05, 0) is 50.1 Å². The van der Waals surface area contributed by atoms with Gasteiger partial charge in [-0.1, -0.05) is 0 Å². The maximum absolute atomic E-state index is 12.4. The highest BCUT2D eigenvalue weighted by Crippen LogP contribution is 2.38. The molecule has 0 saturated carbocycles. The van der Waals surface area contributed by atoms with Gasteiger partial charge in [0, 0.05) is 24.0 Å². The van der Waals surface area contributed by atoms with Crippen LogP contribution < -0.4 is 23.7 Å². The molecule has 31 heavy (non-hydrogen) atoms. The summed E-state index contributed by atoms with van der Waals surface area (Å²) in [6, 6.07) is 7.57. The van der Waals surface area contributed by atoms with Gasteiger partial charge < -0.3 is 28.4 Å². The maximum atomic E-state index is 12.4. The summed E-state index contributed by atoms with van der Waals surface area (Å²) in [5, 5.41) is 0. The van der Waals surface area contributed by atoms with Crippen molar-refractivity contribution in [2.24, 2.45) is 0 Å². The van der Waals surface area contributed by atoms with E-state index < -0.39 is 0 Å². The van der Waals surface area contributed by atoms with E-state index >= 15 is 0 Å². The normalized spacial score (nSPS) is 14.4. The van der Waals surface area contributed by atoms with Gasteiger partial charge in [-0.2, -0.15) is 0 Å². The van der Waals surface area contributed by atoms with Gasteiger partial charge in [-0.15, -0.1) is 0 Å². The molecule has 1 unspecified atom stereocenters. The third-order valence-corrected chi connectivity index (χ3v) is 5.11. The fourth-order valence-corrected chi connectivity index (χ4v) is 3.64. The Labute approximate surface area is 183 Å². The number of carbonyl (C=O) groups excluding carboxylic acids is 1. The third kappa shape index (κ3) is 5.34. The Balaban J connectivity index is 1.63. The van der Waals surface area contributed by atoms with Crippen LogP contribution >= 0.6 is 0 Å². The molecular formula is C24H30O7. The van der Waals surface area contributed by atoms with Crippen molar-refractivity contribution < 1.29 is 33.2 Å². The van der Waals surface area contributed by atoms with Crippen LogP contribution in [0.1, 0.15) is 37.0 Å². The zero-order chi connectivity index (χ0) is 22.4. The van der Waals surface area contributed by atoms with E-state index in [-0.39, 0.29) is 25.1 Å². The van der Waals surface area contributed by atoms with E-state index in [2.05, 4.69) is 0 Å². The molecule has 0 aliphatic carbocycles. The number of ether oxygens (including phenoxy) is 6. The molecule has 0 fully saturated rings. The summed E-state index contributed by atoms with van der Waals surface area (Å²) in [5.41, 5.74) is 2.81. The average Bonchev–Trinajstić information content (AvgIpc) is 3.14. The summed E-state index contributed by atoms with van der Waals surface area (Å²) >= 11 is 0. The average molecular weight is 430 g/mol. The molecule has 3 rings (SSSR count). The quantitative estimate of drug-likeness (QED) is 0.525. The van der Waals surface area contributed by atoms with Crippen LogP contribution in [0.25, 0.3) is 0 Å². The van der Waals surface area contributed by atoms with E-state index in [4.69, 9.17) is 28.4 Å². The number of benzene rings is 2. The molecule has 1 aliphatic rings.